The van der Waals surface area contributed by atoms with Gasteiger partial charge in [0.25, 0.3) is 0 Å². The average molecular weight is 336 g/mol. The van der Waals surface area contributed by atoms with E-state index >= 15 is 0 Å². The molecule has 0 aliphatic heterocycles. The van der Waals surface area contributed by atoms with Gasteiger partial charge in [-0.15, -0.1) is 0 Å². The number of unbranched alkanes of at least 4 members (excludes halogenated alkanes) is 1. The third-order valence-electron chi connectivity index (χ3n) is 3.08. The maximum Gasteiger partial charge on any atom is 0.321 e. The number of carboxylic acid groups (broad SMARTS) is 4. The second kappa shape index (κ2) is 14.8. The lowest BCUT2D eigenvalue weighted by atomic mass is 9.83. The molecule has 0 spiro atoms. The molecule has 4 N–H and O–H groups in total. The summed E-state index contributed by atoms with van der Waals surface area (Å²) < 4.78 is 0. The Bertz CT molecular complexity index is 340. The molecule has 8 heteroatoms. The quantitative estimate of drug-likeness (QED) is 0.494. The molecule has 0 aromatic heterocycles. The normalized spacial score (nSPS) is 9.57. The Kier molecular flexibility index (Phi) is 16.6. The zero-order chi connectivity index (χ0) is 19.1. The van der Waals surface area contributed by atoms with Crippen molar-refractivity contribution in [1.29, 1.82) is 0 Å². The lowest BCUT2D eigenvalue weighted by Crippen LogP contribution is -2.38. The van der Waals surface area contributed by atoms with E-state index in [-0.39, 0.29) is 25.7 Å². The smallest absolute Gasteiger partial charge is 0.321 e. The van der Waals surface area contributed by atoms with Crippen molar-refractivity contribution >= 4 is 23.9 Å². The maximum absolute atomic E-state index is 10.5. The van der Waals surface area contributed by atoms with E-state index in [0.717, 1.165) is 0 Å². The fourth-order valence-corrected chi connectivity index (χ4v) is 1.16. The highest BCUT2D eigenvalue weighted by Crippen LogP contribution is 2.26. The molecular formula is C15H28O8. The second-order valence-corrected chi connectivity index (χ2v) is 4.69. The van der Waals surface area contributed by atoms with Crippen molar-refractivity contribution in [2.24, 2.45) is 5.41 Å². The van der Waals surface area contributed by atoms with Gasteiger partial charge >= 0.3 is 23.9 Å². The minimum Gasteiger partial charge on any atom is -0.481 e. The SMILES string of the molecule is CCC(CC)(C(=O)O)C(=O)O.CCCC.O=C(O)CCC(=O)O. The van der Waals surface area contributed by atoms with Crippen LogP contribution in [0.1, 0.15) is 66.2 Å². The van der Waals surface area contributed by atoms with Gasteiger partial charge < -0.3 is 20.4 Å². The Hall–Kier alpha value is -2.12. The van der Waals surface area contributed by atoms with Gasteiger partial charge in [-0.2, -0.15) is 0 Å². The third-order valence-corrected chi connectivity index (χ3v) is 3.08. The minimum absolute atomic E-state index is 0.119. The molecule has 0 heterocycles. The highest BCUT2D eigenvalue weighted by Gasteiger charge is 2.42. The molecule has 0 aliphatic rings. The molecule has 23 heavy (non-hydrogen) atoms. The largest absolute Gasteiger partial charge is 0.481 e. The molecule has 0 aromatic carbocycles. The van der Waals surface area contributed by atoms with Crippen LogP contribution >= 0.6 is 0 Å². The van der Waals surface area contributed by atoms with Crippen LogP contribution in [0.5, 0.6) is 0 Å². The monoisotopic (exact) mass is 336 g/mol. The molecule has 136 valence electrons. The van der Waals surface area contributed by atoms with Gasteiger partial charge in [-0.1, -0.05) is 40.5 Å². The van der Waals surface area contributed by atoms with Crippen LogP contribution in [0.25, 0.3) is 0 Å². The summed E-state index contributed by atoms with van der Waals surface area (Å²) in [7, 11) is 0. The first-order valence-electron chi connectivity index (χ1n) is 7.45. The first-order valence-corrected chi connectivity index (χ1v) is 7.45. The summed E-state index contributed by atoms with van der Waals surface area (Å²) in [5, 5.41) is 33.0. The number of rotatable bonds is 8. The Balaban J connectivity index is -0.000000292. The van der Waals surface area contributed by atoms with E-state index < -0.39 is 29.3 Å². The van der Waals surface area contributed by atoms with Gasteiger partial charge in [0.15, 0.2) is 5.41 Å². The van der Waals surface area contributed by atoms with E-state index in [1.54, 1.807) is 13.8 Å². The summed E-state index contributed by atoms with van der Waals surface area (Å²) in [6, 6.07) is 0. The van der Waals surface area contributed by atoms with Gasteiger partial charge in [0.2, 0.25) is 0 Å². The number of aliphatic carboxylic acids is 4. The number of carbonyl (C=O) groups is 4. The van der Waals surface area contributed by atoms with E-state index in [0.29, 0.717) is 0 Å². The van der Waals surface area contributed by atoms with E-state index in [1.807, 2.05) is 0 Å². The Morgan fingerprint density at radius 3 is 0.957 bits per heavy atom. The summed E-state index contributed by atoms with van der Waals surface area (Å²) in [5.74, 6) is -4.66. The van der Waals surface area contributed by atoms with Gasteiger partial charge in [0.1, 0.15) is 0 Å². The first kappa shape index (κ1) is 25.8. The molecule has 0 rings (SSSR count). The van der Waals surface area contributed by atoms with Crippen LogP contribution in [0.4, 0.5) is 0 Å². The molecule has 0 saturated heterocycles. The van der Waals surface area contributed by atoms with Crippen molar-refractivity contribution < 1.29 is 39.6 Å². The van der Waals surface area contributed by atoms with Crippen molar-refractivity contribution in [2.45, 2.75) is 66.2 Å². The van der Waals surface area contributed by atoms with E-state index in [2.05, 4.69) is 13.8 Å². The molecule has 0 saturated carbocycles. The molecule has 0 aliphatic carbocycles. The van der Waals surface area contributed by atoms with Crippen molar-refractivity contribution in [3.8, 4) is 0 Å². The highest BCUT2D eigenvalue weighted by molar-refractivity contribution is 5.98. The maximum atomic E-state index is 10.5. The molecule has 0 radical (unpaired) electrons. The van der Waals surface area contributed by atoms with Crippen molar-refractivity contribution in [3.05, 3.63) is 0 Å². The highest BCUT2D eigenvalue weighted by atomic mass is 16.4. The molecule has 8 nitrogen and oxygen atoms in total. The fraction of sp³-hybridized carbons (Fsp3) is 0.733. The van der Waals surface area contributed by atoms with E-state index in [9.17, 15) is 19.2 Å². The number of carboxylic acids is 4. The van der Waals surface area contributed by atoms with Crippen LogP contribution in [0.2, 0.25) is 0 Å². The predicted octanol–water partition coefficient (Wildman–Crippen LogP) is 2.70. The summed E-state index contributed by atoms with van der Waals surface area (Å²) in [6.45, 7) is 7.48. The molecular weight excluding hydrogens is 308 g/mol. The van der Waals surface area contributed by atoms with Gasteiger partial charge in [-0.05, 0) is 12.8 Å². The third kappa shape index (κ3) is 13.3. The van der Waals surface area contributed by atoms with Gasteiger partial charge in [0.05, 0.1) is 12.8 Å². The lowest BCUT2D eigenvalue weighted by molar-refractivity contribution is -0.165. The Labute approximate surface area is 136 Å². The molecule has 0 fully saturated rings. The molecule has 0 bridgehead atoms. The zero-order valence-electron chi connectivity index (χ0n) is 14.2. The minimum atomic E-state index is -1.58. The van der Waals surface area contributed by atoms with Crippen LogP contribution in [0.3, 0.4) is 0 Å². The van der Waals surface area contributed by atoms with E-state index in [1.165, 1.54) is 12.8 Å². The first-order chi connectivity index (χ1) is 10.5. The van der Waals surface area contributed by atoms with Crippen LogP contribution in [-0.4, -0.2) is 44.3 Å². The van der Waals surface area contributed by atoms with Crippen LogP contribution < -0.4 is 0 Å². The van der Waals surface area contributed by atoms with Crippen LogP contribution in [0.15, 0.2) is 0 Å². The van der Waals surface area contributed by atoms with Crippen molar-refractivity contribution in [3.63, 3.8) is 0 Å². The van der Waals surface area contributed by atoms with Crippen LogP contribution in [0, 0.1) is 5.41 Å². The molecule has 0 unspecified atom stereocenters. The van der Waals surface area contributed by atoms with Crippen molar-refractivity contribution in [1.82, 2.24) is 0 Å². The number of hydrogen-bond acceptors (Lipinski definition) is 4. The van der Waals surface area contributed by atoms with Crippen molar-refractivity contribution in [2.75, 3.05) is 0 Å². The van der Waals surface area contributed by atoms with Gasteiger partial charge in [-0.25, -0.2) is 0 Å². The molecule has 0 aromatic rings. The summed E-state index contributed by atoms with van der Waals surface area (Å²) in [4.78, 5) is 40.4. The summed E-state index contributed by atoms with van der Waals surface area (Å²) >= 11 is 0. The average Bonchev–Trinajstić information content (AvgIpc) is 2.47. The number of hydrogen-bond donors (Lipinski definition) is 4. The zero-order valence-corrected chi connectivity index (χ0v) is 14.2. The second-order valence-electron chi connectivity index (χ2n) is 4.69. The predicted molar refractivity (Wildman–Crippen MR) is 83.4 cm³/mol. The topological polar surface area (TPSA) is 149 Å². The van der Waals surface area contributed by atoms with Crippen LogP contribution in [-0.2, 0) is 19.2 Å². The molecule has 0 atom stereocenters. The van der Waals surface area contributed by atoms with E-state index in [4.69, 9.17) is 20.4 Å². The summed E-state index contributed by atoms with van der Waals surface area (Å²) in [6.07, 6.45) is 2.28. The lowest BCUT2D eigenvalue weighted by Gasteiger charge is -2.20. The Morgan fingerprint density at radius 2 is 0.913 bits per heavy atom. The summed E-state index contributed by atoms with van der Waals surface area (Å²) in [5.41, 5.74) is -1.58. The van der Waals surface area contributed by atoms with Gasteiger partial charge in [-0.3, -0.25) is 19.2 Å². The van der Waals surface area contributed by atoms with Gasteiger partial charge in [0, 0.05) is 0 Å². The Morgan fingerprint density at radius 1 is 0.652 bits per heavy atom. The fourth-order valence-electron chi connectivity index (χ4n) is 1.16. The molecule has 0 amide bonds. The standard InChI is InChI=1S/C7H12O4.C4H6O4.C4H10/c1-3-7(4-2,5(8)9)6(10)11;5-3(6)1-2-4(7)8;1-3-4-2/h3-4H2,1-2H3,(H,8,9)(H,10,11);1-2H2,(H,5,6)(H,7,8);3-4H2,1-2H3.